The summed E-state index contributed by atoms with van der Waals surface area (Å²) in [6, 6.07) is 0. The van der Waals surface area contributed by atoms with E-state index >= 15 is 0 Å². The smallest absolute Gasteiger partial charge is 0.0561 e. The van der Waals surface area contributed by atoms with Crippen LogP contribution in [-0.2, 0) is 0 Å². The van der Waals surface area contributed by atoms with Crippen molar-refractivity contribution in [3.05, 3.63) is 0 Å². The van der Waals surface area contributed by atoms with E-state index in [0.29, 0.717) is 0 Å². The highest BCUT2D eigenvalue weighted by atomic mass is 35.5. The van der Waals surface area contributed by atoms with Crippen LogP contribution in [0.3, 0.4) is 0 Å². The van der Waals surface area contributed by atoms with Gasteiger partial charge in [0.2, 0.25) is 0 Å². The highest BCUT2D eigenvalue weighted by Gasteiger charge is 2.22. The summed E-state index contributed by atoms with van der Waals surface area (Å²) in [5.41, 5.74) is 2.81. The number of rotatable bonds is 3. The van der Waals surface area contributed by atoms with Gasteiger partial charge in [0.15, 0.2) is 0 Å². The Bertz CT molecular complexity index is 70.5. The number of hydrogen-bond acceptors (Lipinski definition) is 0. The normalized spacial score (nSPS) is 11.5. The third-order valence-corrected chi connectivity index (χ3v) is 6.00. The van der Waals surface area contributed by atoms with E-state index < -0.39 is 0 Å². The first-order valence-corrected chi connectivity index (χ1v) is 6.06. The maximum Gasteiger partial charge on any atom is 0.0561 e. The molecule has 11 heavy (non-hydrogen) atoms. The van der Waals surface area contributed by atoms with E-state index in [1.807, 2.05) is 0 Å². The molecule has 0 nitrogen and oxygen atoms in total. The highest BCUT2D eigenvalue weighted by molar-refractivity contribution is 6.63. The molecule has 0 atom stereocenters. The van der Waals surface area contributed by atoms with Crippen LogP contribution in [0.2, 0.25) is 16.6 Å². The first-order valence-electron chi connectivity index (χ1n) is 4.33. The van der Waals surface area contributed by atoms with Crippen molar-refractivity contribution in [3.8, 4) is 0 Å². The van der Waals surface area contributed by atoms with Crippen LogP contribution in [0.4, 0.5) is 0 Å². The van der Waals surface area contributed by atoms with E-state index in [1.54, 1.807) is 0 Å². The molecule has 0 saturated carbocycles. The average Bonchev–Trinajstić information content (AvgIpc) is 1.59. The Morgan fingerprint density at radius 1 is 0.636 bits per heavy atom. The molecule has 0 aromatic rings. The molecule has 69 valence electrons. The summed E-state index contributed by atoms with van der Waals surface area (Å²) in [4.78, 5) is 0. The molecular weight excluding hydrogens is 172 g/mol. The van der Waals surface area contributed by atoms with Crippen molar-refractivity contribution in [3.63, 3.8) is 0 Å². The zero-order valence-corrected chi connectivity index (χ0v) is 10.5. The summed E-state index contributed by atoms with van der Waals surface area (Å²) < 4.78 is 0. The summed E-state index contributed by atoms with van der Waals surface area (Å²) in [6.45, 7) is 14.2. The minimum Gasteiger partial charge on any atom is -0.147 e. The van der Waals surface area contributed by atoms with Gasteiger partial charge in [-0.05, 0) is 0 Å². The van der Waals surface area contributed by atoms with Crippen LogP contribution >= 0.6 is 12.4 Å². The quantitative estimate of drug-likeness (QED) is 0.592. The summed E-state index contributed by atoms with van der Waals surface area (Å²) in [5, 5.41) is 0. The lowest BCUT2D eigenvalue weighted by atomic mass is 10.5. The van der Waals surface area contributed by atoms with Gasteiger partial charge < -0.3 is 0 Å². The number of halogens is 1. The molecule has 0 rings (SSSR count). The summed E-state index contributed by atoms with van der Waals surface area (Å²) in [7, 11) is -0.0957. The second-order valence-corrected chi connectivity index (χ2v) is 8.43. The van der Waals surface area contributed by atoms with Crippen LogP contribution in [0.1, 0.15) is 41.5 Å². The third kappa shape index (κ3) is 4.86. The van der Waals surface area contributed by atoms with Gasteiger partial charge in [-0.2, -0.15) is 0 Å². The van der Waals surface area contributed by atoms with Gasteiger partial charge in [-0.3, -0.25) is 0 Å². The van der Waals surface area contributed by atoms with Gasteiger partial charge in [0.1, 0.15) is 0 Å². The van der Waals surface area contributed by atoms with Crippen LogP contribution < -0.4 is 0 Å². The fourth-order valence-electron chi connectivity index (χ4n) is 2.00. The highest BCUT2D eigenvalue weighted by Crippen LogP contribution is 2.28. The topological polar surface area (TPSA) is 0 Å². The van der Waals surface area contributed by atoms with Crippen molar-refractivity contribution < 1.29 is 0 Å². The van der Waals surface area contributed by atoms with Crippen molar-refractivity contribution in [2.75, 3.05) is 0 Å². The zero-order chi connectivity index (χ0) is 8.31. The van der Waals surface area contributed by atoms with Crippen molar-refractivity contribution in [1.82, 2.24) is 0 Å². The molecule has 0 aliphatic heterocycles. The van der Waals surface area contributed by atoms with Crippen LogP contribution in [0.15, 0.2) is 0 Å². The summed E-state index contributed by atoms with van der Waals surface area (Å²) in [6.07, 6.45) is 0. The van der Waals surface area contributed by atoms with Crippen molar-refractivity contribution in [1.29, 1.82) is 0 Å². The fourth-order valence-corrected chi connectivity index (χ4v) is 6.00. The second-order valence-electron chi connectivity index (χ2n) is 3.96. The molecule has 0 bridgehead atoms. The first-order chi connectivity index (χ1) is 4.46. The minimum absolute atomic E-state index is 0. The van der Waals surface area contributed by atoms with E-state index in [-0.39, 0.29) is 21.2 Å². The second kappa shape index (κ2) is 6.07. The van der Waals surface area contributed by atoms with Crippen LogP contribution in [0.5, 0.6) is 0 Å². The zero-order valence-electron chi connectivity index (χ0n) is 8.64. The molecule has 0 heterocycles. The SMILES string of the molecule is CC(C)[Si](C(C)C)C(C)C.Cl. The van der Waals surface area contributed by atoms with Crippen LogP contribution in [-0.4, -0.2) is 8.80 Å². The number of hydrogen-bond donors (Lipinski definition) is 0. The molecule has 0 fully saturated rings. The standard InChI is InChI=1S/C9H21Si.ClH/c1-7(2)10(8(3)4)9(5)6;/h7-9H,1-6H3;1H. The Balaban J connectivity index is 0. The lowest BCUT2D eigenvalue weighted by molar-refractivity contribution is 0.863. The maximum atomic E-state index is 2.37. The molecule has 2 heteroatoms. The monoisotopic (exact) mass is 193 g/mol. The van der Waals surface area contributed by atoms with E-state index in [2.05, 4.69) is 41.5 Å². The molecule has 0 spiro atoms. The molecule has 0 aromatic carbocycles. The Kier molecular flexibility index (Phi) is 7.76. The molecule has 0 aromatic heterocycles. The van der Waals surface area contributed by atoms with E-state index in [4.69, 9.17) is 0 Å². The predicted molar refractivity (Wildman–Crippen MR) is 58.3 cm³/mol. The van der Waals surface area contributed by atoms with Gasteiger partial charge >= 0.3 is 0 Å². The van der Waals surface area contributed by atoms with Crippen molar-refractivity contribution >= 4 is 21.2 Å². The van der Waals surface area contributed by atoms with Crippen molar-refractivity contribution in [2.24, 2.45) is 0 Å². The molecule has 1 radical (unpaired) electrons. The summed E-state index contributed by atoms with van der Waals surface area (Å²) in [5.74, 6) is 0. The Hall–Kier alpha value is 0.507. The fraction of sp³-hybridized carbons (Fsp3) is 1.00. The Labute approximate surface area is 79.8 Å². The molecule has 0 saturated heterocycles. The molecule has 0 aliphatic rings. The van der Waals surface area contributed by atoms with Crippen molar-refractivity contribution in [2.45, 2.75) is 58.2 Å². The van der Waals surface area contributed by atoms with E-state index in [1.165, 1.54) is 0 Å². The lowest BCUT2D eigenvalue weighted by Gasteiger charge is -2.26. The van der Waals surface area contributed by atoms with Gasteiger partial charge in [0.25, 0.3) is 0 Å². The lowest BCUT2D eigenvalue weighted by Crippen LogP contribution is -2.24. The van der Waals surface area contributed by atoms with Gasteiger partial charge in [-0.15, -0.1) is 12.4 Å². The summed E-state index contributed by atoms with van der Waals surface area (Å²) >= 11 is 0. The Morgan fingerprint density at radius 2 is 0.818 bits per heavy atom. The molecule has 0 aliphatic carbocycles. The van der Waals surface area contributed by atoms with Gasteiger partial charge in [0.05, 0.1) is 8.80 Å². The van der Waals surface area contributed by atoms with Gasteiger partial charge in [0, 0.05) is 0 Å². The first kappa shape index (κ1) is 14.1. The molecule has 0 N–H and O–H groups in total. The largest absolute Gasteiger partial charge is 0.147 e. The predicted octanol–water partition coefficient (Wildman–Crippen LogP) is 4.13. The maximum absolute atomic E-state index is 2.37. The Morgan fingerprint density at radius 3 is 0.818 bits per heavy atom. The minimum atomic E-state index is -0.0957. The van der Waals surface area contributed by atoms with Gasteiger partial charge in [-0.1, -0.05) is 58.2 Å². The molecular formula is C9H22ClSi. The van der Waals surface area contributed by atoms with E-state index in [0.717, 1.165) is 16.6 Å². The third-order valence-electron chi connectivity index (χ3n) is 2.00. The van der Waals surface area contributed by atoms with Gasteiger partial charge in [-0.25, -0.2) is 0 Å². The molecule has 0 amide bonds. The van der Waals surface area contributed by atoms with Crippen LogP contribution in [0, 0.1) is 0 Å². The van der Waals surface area contributed by atoms with E-state index in [9.17, 15) is 0 Å². The van der Waals surface area contributed by atoms with Crippen LogP contribution in [0.25, 0.3) is 0 Å². The molecule has 0 unspecified atom stereocenters. The average molecular weight is 194 g/mol.